The molecule has 0 aliphatic carbocycles. The van der Waals surface area contributed by atoms with Crippen molar-refractivity contribution in [2.24, 2.45) is 0 Å². The Bertz CT molecular complexity index is 647. The maximum atomic E-state index is 13.3. The van der Waals surface area contributed by atoms with Gasteiger partial charge in [0.15, 0.2) is 0 Å². The third kappa shape index (κ3) is 3.24. The number of hydrogen-bond donors (Lipinski definition) is 1. The standard InChI is InChI=1S/C15H12ClFN2/c1-10-6-11(8-18)2-3-12(10)9-19-13-4-5-14(16)15(17)7-13/h2-7,19H,9H2,1H3. The van der Waals surface area contributed by atoms with Crippen LogP contribution in [0.25, 0.3) is 0 Å². The summed E-state index contributed by atoms with van der Waals surface area (Å²) in [5.74, 6) is -0.441. The Balaban J connectivity index is 2.10. The highest BCUT2D eigenvalue weighted by Crippen LogP contribution is 2.20. The Morgan fingerprint density at radius 2 is 2.05 bits per heavy atom. The van der Waals surface area contributed by atoms with Crippen molar-refractivity contribution in [3.63, 3.8) is 0 Å². The number of anilines is 1. The van der Waals surface area contributed by atoms with Gasteiger partial charge in [0.05, 0.1) is 16.7 Å². The topological polar surface area (TPSA) is 35.8 Å². The summed E-state index contributed by atoms with van der Waals surface area (Å²) in [6, 6.07) is 12.2. The average molecular weight is 275 g/mol. The average Bonchev–Trinajstić information content (AvgIpc) is 2.41. The van der Waals surface area contributed by atoms with Crippen LogP contribution in [0.1, 0.15) is 16.7 Å². The third-order valence-electron chi connectivity index (χ3n) is 2.87. The zero-order chi connectivity index (χ0) is 13.8. The maximum Gasteiger partial charge on any atom is 0.143 e. The molecule has 0 radical (unpaired) electrons. The van der Waals surface area contributed by atoms with Gasteiger partial charge < -0.3 is 5.32 Å². The second-order valence-corrected chi connectivity index (χ2v) is 4.64. The molecule has 0 spiro atoms. The number of rotatable bonds is 3. The van der Waals surface area contributed by atoms with E-state index in [9.17, 15) is 4.39 Å². The molecule has 0 atom stereocenters. The van der Waals surface area contributed by atoms with Gasteiger partial charge in [0.1, 0.15) is 5.82 Å². The normalized spacial score (nSPS) is 10.0. The van der Waals surface area contributed by atoms with Gasteiger partial charge >= 0.3 is 0 Å². The molecule has 2 rings (SSSR count). The SMILES string of the molecule is Cc1cc(C#N)ccc1CNc1ccc(Cl)c(F)c1. The molecule has 0 saturated heterocycles. The monoisotopic (exact) mass is 274 g/mol. The first kappa shape index (κ1) is 13.4. The van der Waals surface area contributed by atoms with Gasteiger partial charge in [-0.1, -0.05) is 17.7 Å². The van der Waals surface area contributed by atoms with Crippen molar-refractivity contribution in [1.82, 2.24) is 0 Å². The van der Waals surface area contributed by atoms with Crippen LogP contribution in [0.2, 0.25) is 5.02 Å². The van der Waals surface area contributed by atoms with Gasteiger partial charge in [0, 0.05) is 12.2 Å². The fraction of sp³-hybridized carbons (Fsp3) is 0.133. The van der Waals surface area contributed by atoms with Crippen LogP contribution in [0.4, 0.5) is 10.1 Å². The van der Waals surface area contributed by atoms with Gasteiger partial charge in [0.2, 0.25) is 0 Å². The minimum absolute atomic E-state index is 0.111. The van der Waals surface area contributed by atoms with E-state index in [4.69, 9.17) is 16.9 Å². The van der Waals surface area contributed by atoms with Crippen molar-refractivity contribution < 1.29 is 4.39 Å². The molecule has 0 saturated carbocycles. The van der Waals surface area contributed by atoms with Crippen LogP contribution in [-0.2, 0) is 6.54 Å². The second kappa shape index (κ2) is 5.73. The highest BCUT2D eigenvalue weighted by molar-refractivity contribution is 6.30. The van der Waals surface area contributed by atoms with Gasteiger partial charge in [-0.05, 0) is 48.4 Å². The number of halogens is 2. The first-order chi connectivity index (χ1) is 9.10. The Labute approximate surface area is 116 Å². The molecule has 2 aromatic carbocycles. The molecule has 0 aliphatic rings. The van der Waals surface area contributed by atoms with Crippen LogP contribution in [0.15, 0.2) is 36.4 Å². The quantitative estimate of drug-likeness (QED) is 0.907. The minimum atomic E-state index is -0.441. The molecule has 0 amide bonds. The summed E-state index contributed by atoms with van der Waals surface area (Å²) in [7, 11) is 0. The molecular weight excluding hydrogens is 263 g/mol. The molecule has 0 aliphatic heterocycles. The van der Waals surface area contributed by atoms with E-state index in [1.54, 1.807) is 12.1 Å². The van der Waals surface area contributed by atoms with E-state index in [0.29, 0.717) is 17.8 Å². The van der Waals surface area contributed by atoms with Gasteiger partial charge in [0.25, 0.3) is 0 Å². The lowest BCUT2D eigenvalue weighted by molar-refractivity contribution is 0.628. The third-order valence-corrected chi connectivity index (χ3v) is 3.18. The number of benzene rings is 2. The highest BCUT2D eigenvalue weighted by Gasteiger charge is 2.03. The van der Waals surface area contributed by atoms with Crippen LogP contribution in [0.3, 0.4) is 0 Å². The molecule has 19 heavy (non-hydrogen) atoms. The van der Waals surface area contributed by atoms with Crippen LogP contribution < -0.4 is 5.32 Å². The van der Waals surface area contributed by atoms with Crippen molar-refractivity contribution in [2.75, 3.05) is 5.32 Å². The molecule has 0 heterocycles. The summed E-state index contributed by atoms with van der Waals surface area (Å²) in [6.07, 6.45) is 0. The highest BCUT2D eigenvalue weighted by atomic mass is 35.5. The summed E-state index contributed by atoms with van der Waals surface area (Å²) in [4.78, 5) is 0. The van der Waals surface area contributed by atoms with Crippen molar-refractivity contribution in [3.8, 4) is 6.07 Å². The summed E-state index contributed by atoms with van der Waals surface area (Å²) >= 11 is 5.62. The molecule has 0 bridgehead atoms. The number of hydrogen-bond acceptors (Lipinski definition) is 2. The van der Waals surface area contributed by atoms with Crippen LogP contribution >= 0.6 is 11.6 Å². The van der Waals surface area contributed by atoms with Crippen molar-refractivity contribution >= 4 is 17.3 Å². The lowest BCUT2D eigenvalue weighted by Gasteiger charge is -2.09. The van der Waals surface area contributed by atoms with E-state index in [-0.39, 0.29) is 5.02 Å². The number of aryl methyl sites for hydroxylation is 1. The molecule has 0 unspecified atom stereocenters. The Hall–Kier alpha value is -2.05. The zero-order valence-electron chi connectivity index (χ0n) is 10.4. The number of nitrogens with one attached hydrogen (secondary N) is 1. The lowest BCUT2D eigenvalue weighted by atomic mass is 10.1. The fourth-order valence-electron chi connectivity index (χ4n) is 1.77. The van der Waals surface area contributed by atoms with E-state index in [1.807, 2.05) is 19.1 Å². The predicted molar refractivity (Wildman–Crippen MR) is 74.6 cm³/mol. The Morgan fingerprint density at radius 1 is 1.26 bits per heavy atom. The number of nitrogens with zero attached hydrogens (tertiary/aromatic N) is 1. The summed E-state index contributed by atoms with van der Waals surface area (Å²) < 4.78 is 13.3. The summed E-state index contributed by atoms with van der Waals surface area (Å²) in [6.45, 7) is 2.51. The van der Waals surface area contributed by atoms with Gasteiger partial charge in [-0.2, -0.15) is 5.26 Å². The summed E-state index contributed by atoms with van der Waals surface area (Å²) in [5, 5.41) is 12.0. The predicted octanol–water partition coefficient (Wildman–Crippen LogP) is 4.27. The largest absolute Gasteiger partial charge is 0.381 e. The molecule has 2 aromatic rings. The van der Waals surface area contributed by atoms with Gasteiger partial charge in [-0.15, -0.1) is 0 Å². The second-order valence-electron chi connectivity index (χ2n) is 4.24. The van der Waals surface area contributed by atoms with E-state index in [0.717, 1.165) is 11.1 Å². The zero-order valence-corrected chi connectivity index (χ0v) is 11.1. The Kier molecular flexibility index (Phi) is 4.03. The minimum Gasteiger partial charge on any atom is -0.381 e. The molecule has 0 fully saturated rings. The fourth-order valence-corrected chi connectivity index (χ4v) is 1.88. The van der Waals surface area contributed by atoms with Crippen LogP contribution in [-0.4, -0.2) is 0 Å². The molecule has 4 heteroatoms. The van der Waals surface area contributed by atoms with E-state index < -0.39 is 5.82 Å². The smallest absolute Gasteiger partial charge is 0.143 e. The molecular formula is C15H12ClFN2. The summed E-state index contributed by atoms with van der Waals surface area (Å²) in [5.41, 5.74) is 3.40. The van der Waals surface area contributed by atoms with Gasteiger partial charge in [-0.25, -0.2) is 4.39 Å². The lowest BCUT2D eigenvalue weighted by Crippen LogP contribution is -2.02. The van der Waals surface area contributed by atoms with Crippen molar-refractivity contribution in [1.29, 1.82) is 5.26 Å². The van der Waals surface area contributed by atoms with Crippen molar-refractivity contribution in [3.05, 3.63) is 63.9 Å². The first-order valence-electron chi connectivity index (χ1n) is 5.78. The van der Waals surface area contributed by atoms with Crippen LogP contribution in [0, 0.1) is 24.1 Å². The van der Waals surface area contributed by atoms with Gasteiger partial charge in [-0.3, -0.25) is 0 Å². The van der Waals surface area contributed by atoms with Crippen LogP contribution in [0.5, 0.6) is 0 Å². The first-order valence-corrected chi connectivity index (χ1v) is 6.16. The molecule has 96 valence electrons. The molecule has 0 aromatic heterocycles. The number of nitriles is 1. The van der Waals surface area contributed by atoms with Crippen molar-refractivity contribution in [2.45, 2.75) is 13.5 Å². The Morgan fingerprint density at radius 3 is 2.68 bits per heavy atom. The van der Waals surface area contributed by atoms with E-state index in [1.165, 1.54) is 12.1 Å². The molecule has 1 N–H and O–H groups in total. The van der Waals surface area contributed by atoms with E-state index in [2.05, 4.69) is 11.4 Å². The molecule has 2 nitrogen and oxygen atoms in total. The van der Waals surface area contributed by atoms with E-state index >= 15 is 0 Å². The maximum absolute atomic E-state index is 13.3.